The van der Waals surface area contributed by atoms with Crippen LogP contribution in [-0.2, 0) is 75.3 Å². The van der Waals surface area contributed by atoms with Crippen molar-refractivity contribution in [3.8, 4) is 0 Å². The first-order valence-electron chi connectivity index (χ1n) is 39.1. The maximum Gasteiger partial charge on any atom is 0.309 e. The fourth-order valence-electron chi connectivity index (χ4n) is 13.4. The summed E-state index contributed by atoms with van der Waals surface area (Å²) in [5.74, 6) is -16.4. The van der Waals surface area contributed by atoms with Crippen molar-refractivity contribution >= 4 is 100 Å². The van der Waals surface area contributed by atoms with E-state index in [4.69, 9.17) is 27.7 Å². The Morgan fingerprint density at radius 1 is 0.655 bits per heavy atom. The minimum atomic E-state index is -1.85. The van der Waals surface area contributed by atoms with Gasteiger partial charge in [-0.2, -0.15) is 0 Å². The number of halogens is 1. The molecule has 0 saturated carbocycles. The SMILES string of the molecule is CCN(CC)CCNC(=O)c1c(C)[nH]c(/C=C2\C(=O)N(C(=O)c3c(C)cccc3COC(=O)C(C)C(C)C(=O)N[C@H](C(=O)N[C@@H](CCN)C(=O)N[C@H]3CCNC(=O)[C@H]([C@@H](C)O)NC(=O)[C@H](CCN)NC(=O)[C@H](CCN)NC(=O)[C@H](CC(C)C)NC(=O)[C@@H](Cc4ccccc4)NC(=O)[C@H](CCN)NC3=O)[C@@H](C)O)c3ccc(F)cc32)c1C. The van der Waals surface area contributed by atoms with Crippen molar-refractivity contribution < 1.29 is 86.5 Å². The van der Waals surface area contributed by atoms with Crippen LogP contribution in [0.2, 0.25) is 0 Å². The van der Waals surface area contributed by atoms with Crippen LogP contribution in [-0.4, -0.2) is 228 Å². The number of fused-ring (bicyclic) bond motifs is 1. The summed E-state index contributed by atoms with van der Waals surface area (Å²) in [5, 5.41) is 50.3. The number of carbonyl (C=O) groups excluding carboxylic acids is 14. The van der Waals surface area contributed by atoms with Crippen LogP contribution < -0.4 is 86.3 Å². The molecule has 116 heavy (non-hydrogen) atoms. The van der Waals surface area contributed by atoms with Crippen LogP contribution in [0, 0.1) is 44.3 Å². The van der Waals surface area contributed by atoms with Crippen molar-refractivity contribution in [2.45, 2.75) is 194 Å². The molecule has 2 aliphatic heterocycles. The molecule has 0 radical (unpaired) electrons. The third kappa shape index (κ3) is 25.6. The van der Waals surface area contributed by atoms with Gasteiger partial charge >= 0.3 is 5.97 Å². The predicted octanol–water partition coefficient (Wildman–Crippen LogP) is -1.48. The summed E-state index contributed by atoms with van der Waals surface area (Å²) in [6.07, 6.45) is -3.54. The van der Waals surface area contributed by atoms with Gasteiger partial charge in [0.2, 0.25) is 59.1 Å². The van der Waals surface area contributed by atoms with E-state index in [1.54, 1.807) is 77.1 Å². The van der Waals surface area contributed by atoms with Gasteiger partial charge in [-0.05, 0) is 159 Å². The molecule has 0 aliphatic carbocycles. The summed E-state index contributed by atoms with van der Waals surface area (Å²) >= 11 is 0. The molecule has 0 spiro atoms. The average Bonchev–Trinajstić information content (AvgIpc) is 1.60. The lowest BCUT2D eigenvalue weighted by molar-refractivity contribution is -0.153. The first-order valence-corrected chi connectivity index (χ1v) is 39.1. The number of nitrogens with two attached hydrogens (primary N) is 4. The van der Waals surface area contributed by atoms with Crippen molar-refractivity contribution in [2.24, 2.45) is 40.7 Å². The Labute approximate surface area is 673 Å². The third-order valence-electron chi connectivity index (χ3n) is 20.3. The molecular formula is C80H115FN18O17. The molecule has 35 nitrogen and oxygen atoms in total. The second-order valence-corrected chi connectivity index (χ2v) is 29.5. The van der Waals surface area contributed by atoms with Gasteiger partial charge < -0.3 is 106 Å². The Morgan fingerprint density at radius 2 is 1.23 bits per heavy atom. The molecule has 1 fully saturated rings. The predicted molar refractivity (Wildman–Crippen MR) is 428 cm³/mol. The quantitative estimate of drug-likeness (QED) is 0.0151. The molecule has 6 rings (SSSR count). The Balaban J connectivity index is 1.21. The number of aryl methyl sites for hydroxylation is 2. The van der Waals surface area contributed by atoms with Gasteiger partial charge in [0.25, 0.3) is 17.7 Å². The van der Waals surface area contributed by atoms with Gasteiger partial charge in [-0.3, -0.25) is 67.1 Å². The van der Waals surface area contributed by atoms with Gasteiger partial charge in [-0.1, -0.05) is 90.1 Å². The zero-order chi connectivity index (χ0) is 85.9. The summed E-state index contributed by atoms with van der Waals surface area (Å²) in [5.41, 5.74) is 26.6. The number of benzene rings is 3. The number of imide groups is 1. The number of anilines is 1. The van der Waals surface area contributed by atoms with Crippen LogP contribution >= 0.6 is 0 Å². The van der Waals surface area contributed by atoms with E-state index in [-0.39, 0.29) is 104 Å². The normalized spacial score (nSPS) is 20.8. The van der Waals surface area contributed by atoms with E-state index < -0.39 is 181 Å². The highest BCUT2D eigenvalue weighted by Crippen LogP contribution is 2.40. The van der Waals surface area contributed by atoms with Crippen LogP contribution in [0.25, 0.3) is 11.6 Å². The van der Waals surface area contributed by atoms with Crippen LogP contribution in [0.4, 0.5) is 10.1 Å². The number of aromatic nitrogens is 1. The molecule has 2 unspecified atom stereocenters. The highest BCUT2D eigenvalue weighted by molar-refractivity contribution is 6.44. The van der Waals surface area contributed by atoms with Crippen LogP contribution in [0.3, 0.4) is 0 Å². The van der Waals surface area contributed by atoms with Crippen LogP contribution in [0.15, 0.2) is 66.7 Å². The van der Waals surface area contributed by atoms with Gasteiger partial charge in [0.05, 0.1) is 34.9 Å². The Bertz CT molecular complexity index is 4210. The molecule has 3 aromatic carbocycles. The van der Waals surface area contributed by atoms with Crippen molar-refractivity contribution in [3.63, 3.8) is 0 Å². The largest absolute Gasteiger partial charge is 0.461 e. The first kappa shape index (κ1) is 94.0. The average molecular weight is 1620 g/mol. The number of likely N-dealkylation sites (N-methyl/N-ethyl adjacent to an activating group) is 1. The van der Waals surface area contributed by atoms with E-state index in [1.807, 2.05) is 13.8 Å². The summed E-state index contributed by atoms with van der Waals surface area (Å²) in [7, 11) is 0. The molecular weight excluding hydrogens is 1500 g/mol. The van der Waals surface area contributed by atoms with E-state index in [1.165, 1.54) is 39.0 Å². The number of nitrogens with one attached hydrogen (secondary N) is 12. The summed E-state index contributed by atoms with van der Waals surface area (Å²) in [6.45, 7) is 18.3. The standard InChI is InChI=1S/C80H115FN18O17/c1-12-98(13-2)35-34-87-75(110)64-45(8)59(88-46(64)9)39-53-52-38-51(81)22-23-62(52)99(78(53)113)79(114)63-42(5)18-17-21-50(63)40-116-80(115)44(7)43(6)67(102)96-66(48(11)101)77(112)93-56(26-31-84)69(104)92-58-28-33-86-76(111)65(47(10)100)97-72(107)57(27-32-85)90-68(103)54(24-29-82)91-73(108)60(36-41(3)4)94-74(109)61(37-49-19-15-14-16-20-49)95-70(105)55(25-30-83)89-71(58)106/h14-23,38-39,41,43-44,47-48,54-58,60-61,65-66,88,100-101H,12-13,24-37,40,82-85H2,1-11H3,(H,86,111)(H,87,110)(H,89,106)(H,90,103)(H,91,108)(H,92,104)(H,93,112)(H,94,109)(H,95,105)(H,96,102)(H,97,107)/b53-39-/t43?,44?,47-,48-,54+,55+,56+,57+,58+,60+,61-,65+,66+/m1/s1. The fourth-order valence-corrected chi connectivity index (χ4v) is 13.4. The fraction of sp³-hybridized carbons (Fsp3) is 0.525. The van der Waals surface area contributed by atoms with Crippen molar-refractivity contribution in [1.82, 2.24) is 68.4 Å². The lowest BCUT2D eigenvalue weighted by atomic mass is 9.94. The maximum absolute atomic E-state index is 15.1. The zero-order valence-electron chi connectivity index (χ0n) is 67.6. The number of amides is 13. The molecule has 13 amide bonds. The van der Waals surface area contributed by atoms with Gasteiger partial charge in [0, 0.05) is 60.1 Å². The number of aliphatic hydroxyl groups is 2. The highest BCUT2D eigenvalue weighted by atomic mass is 19.1. The summed E-state index contributed by atoms with van der Waals surface area (Å²) in [6, 6.07) is 2.42. The zero-order valence-corrected chi connectivity index (χ0v) is 67.6. The molecule has 3 heterocycles. The number of esters is 1. The van der Waals surface area contributed by atoms with E-state index in [9.17, 15) is 77.3 Å². The van der Waals surface area contributed by atoms with Crippen molar-refractivity contribution in [3.05, 3.63) is 123 Å². The van der Waals surface area contributed by atoms with E-state index in [2.05, 4.69) is 68.4 Å². The first-order chi connectivity index (χ1) is 55.0. The minimum Gasteiger partial charge on any atom is -0.461 e. The Kier molecular flexibility index (Phi) is 36.3. The van der Waals surface area contributed by atoms with Gasteiger partial charge in [0.1, 0.15) is 66.8 Å². The number of hydrogen-bond acceptors (Lipinski definition) is 22. The number of carbonyl (C=O) groups is 14. The lowest BCUT2D eigenvalue weighted by Crippen LogP contribution is -2.61. The van der Waals surface area contributed by atoms with E-state index >= 15 is 4.39 Å². The molecule has 0 bridgehead atoms. The monoisotopic (exact) mass is 1620 g/mol. The second-order valence-electron chi connectivity index (χ2n) is 29.5. The molecule has 2 aliphatic rings. The molecule has 36 heteroatoms. The molecule has 22 N–H and O–H groups in total. The number of aromatic amines is 1. The third-order valence-corrected chi connectivity index (χ3v) is 20.3. The van der Waals surface area contributed by atoms with E-state index in [0.29, 0.717) is 46.7 Å². The number of H-pyrrole nitrogens is 1. The number of aliphatic hydroxyl groups excluding tert-OH is 2. The number of ether oxygens (including phenoxy) is 1. The van der Waals surface area contributed by atoms with Crippen LogP contribution in [0.1, 0.15) is 154 Å². The van der Waals surface area contributed by atoms with Gasteiger partial charge in [0.15, 0.2) is 0 Å². The Morgan fingerprint density at radius 3 is 1.81 bits per heavy atom. The minimum absolute atomic E-state index is 0.0127. The summed E-state index contributed by atoms with van der Waals surface area (Å²) in [4.78, 5) is 206. The topological polar surface area (TPSA) is 547 Å². The smallest absolute Gasteiger partial charge is 0.309 e. The van der Waals surface area contributed by atoms with E-state index in [0.717, 1.165) is 37.0 Å². The Hall–Kier alpha value is -10.9. The molecule has 4 aromatic rings. The van der Waals surface area contributed by atoms with Gasteiger partial charge in [-0.15, -0.1) is 0 Å². The summed E-state index contributed by atoms with van der Waals surface area (Å²) < 4.78 is 20.9. The number of rotatable bonds is 32. The molecule has 1 aromatic heterocycles. The number of hydrogen-bond donors (Lipinski definition) is 18. The number of nitrogens with zero attached hydrogens (tertiary/aromatic N) is 2. The van der Waals surface area contributed by atoms with Crippen LogP contribution in [0.5, 0.6) is 0 Å². The second kappa shape index (κ2) is 44.8. The molecule has 634 valence electrons. The molecule has 13 atom stereocenters. The maximum atomic E-state index is 15.1. The van der Waals surface area contributed by atoms with Crippen molar-refractivity contribution in [2.75, 3.05) is 63.8 Å². The lowest BCUT2D eigenvalue weighted by Gasteiger charge is -2.29. The van der Waals surface area contributed by atoms with Gasteiger partial charge in [-0.25, -0.2) is 9.29 Å². The highest BCUT2D eigenvalue weighted by Gasteiger charge is 2.42. The molecule has 1 saturated heterocycles. The van der Waals surface area contributed by atoms with Crippen molar-refractivity contribution in [1.29, 1.82) is 0 Å².